The average molecular weight is 268 g/mol. The Kier molecular flexibility index (Phi) is 6.17. The van der Waals surface area contributed by atoms with Gasteiger partial charge < -0.3 is 5.32 Å². The van der Waals surface area contributed by atoms with Crippen molar-refractivity contribution in [1.82, 2.24) is 5.32 Å². The van der Waals surface area contributed by atoms with E-state index >= 15 is 0 Å². The van der Waals surface area contributed by atoms with Gasteiger partial charge in [-0.15, -0.1) is 0 Å². The van der Waals surface area contributed by atoms with Crippen LogP contribution in [-0.4, -0.2) is 6.54 Å². The molecule has 0 aliphatic heterocycles. The van der Waals surface area contributed by atoms with Crippen molar-refractivity contribution in [2.75, 3.05) is 6.54 Å². The standard InChI is InChI=1S/C16H26ClN/c1-6-13(7-2)16(18-8-3)14-9-11(4)12(5)10-15(14)17/h9-10,13,16,18H,6-8H2,1-5H3. The fraction of sp³-hybridized carbons (Fsp3) is 0.625. The highest BCUT2D eigenvalue weighted by Gasteiger charge is 2.22. The summed E-state index contributed by atoms with van der Waals surface area (Å²) in [4.78, 5) is 0. The van der Waals surface area contributed by atoms with Crippen LogP contribution in [-0.2, 0) is 0 Å². The first-order valence-electron chi connectivity index (χ1n) is 7.05. The lowest BCUT2D eigenvalue weighted by atomic mass is 9.87. The van der Waals surface area contributed by atoms with Gasteiger partial charge in [-0.25, -0.2) is 0 Å². The van der Waals surface area contributed by atoms with Crippen molar-refractivity contribution >= 4 is 11.6 Å². The summed E-state index contributed by atoms with van der Waals surface area (Å²) in [6, 6.07) is 4.72. The molecule has 2 heteroatoms. The molecule has 0 aliphatic carbocycles. The predicted octanol–water partition coefficient (Wildman–Crippen LogP) is 5.04. The van der Waals surface area contributed by atoms with Crippen LogP contribution < -0.4 is 5.32 Å². The lowest BCUT2D eigenvalue weighted by Gasteiger charge is -2.28. The molecule has 0 aromatic heterocycles. The van der Waals surface area contributed by atoms with Gasteiger partial charge in [0.1, 0.15) is 0 Å². The van der Waals surface area contributed by atoms with Crippen molar-refractivity contribution in [3.63, 3.8) is 0 Å². The summed E-state index contributed by atoms with van der Waals surface area (Å²) in [5.41, 5.74) is 3.85. The maximum Gasteiger partial charge on any atom is 0.0456 e. The quantitative estimate of drug-likeness (QED) is 0.761. The van der Waals surface area contributed by atoms with E-state index in [1.165, 1.54) is 29.5 Å². The molecule has 0 heterocycles. The molecule has 0 fully saturated rings. The second kappa shape index (κ2) is 7.16. The van der Waals surface area contributed by atoms with E-state index < -0.39 is 0 Å². The van der Waals surface area contributed by atoms with Gasteiger partial charge in [0.15, 0.2) is 0 Å². The van der Waals surface area contributed by atoms with Crippen LogP contribution in [0.15, 0.2) is 12.1 Å². The Labute approximate surface area is 117 Å². The Morgan fingerprint density at radius 2 is 1.61 bits per heavy atom. The number of rotatable bonds is 6. The van der Waals surface area contributed by atoms with Crippen molar-refractivity contribution in [3.8, 4) is 0 Å². The highest BCUT2D eigenvalue weighted by Crippen LogP contribution is 2.33. The van der Waals surface area contributed by atoms with Gasteiger partial charge in [0, 0.05) is 11.1 Å². The van der Waals surface area contributed by atoms with Crippen LogP contribution in [0.3, 0.4) is 0 Å². The largest absolute Gasteiger partial charge is 0.310 e. The number of nitrogens with one attached hydrogen (secondary N) is 1. The van der Waals surface area contributed by atoms with E-state index in [1.807, 2.05) is 0 Å². The maximum atomic E-state index is 6.45. The lowest BCUT2D eigenvalue weighted by Crippen LogP contribution is -2.28. The summed E-state index contributed by atoms with van der Waals surface area (Å²) in [5, 5.41) is 4.50. The molecule has 1 atom stereocenters. The maximum absolute atomic E-state index is 6.45. The molecular formula is C16H26ClN. The number of benzene rings is 1. The Morgan fingerprint density at radius 1 is 1.06 bits per heavy atom. The predicted molar refractivity (Wildman–Crippen MR) is 81.4 cm³/mol. The molecule has 0 aliphatic rings. The Bertz CT molecular complexity index is 383. The van der Waals surface area contributed by atoms with Crippen LogP contribution in [0.4, 0.5) is 0 Å². The molecule has 0 amide bonds. The van der Waals surface area contributed by atoms with Gasteiger partial charge in [0.25, 0.3) is 0 Å². The van der Waals surface area contributed by atoms with E-state index in [9.17, 15) is 0 Å². The minimum absolute atomic E-state index is 0.372. The van der Waals surface area contributed by atoms with E-state index in [2.05, 4.69) is 52.1 Å². The summed E-state index contributed by atoms with van der Waals surface area (Å²) in [6.45, 7) is 11.9. The summed E-state index contributed by atoms with van der Waals surface area (Å²) in [7, 11) is 0. The SMILES string of the molecule is CCNC(c1cc(C)c(C)cc1Cl)C(CC)CC. The molecule has 1 nitrogen and oxygen atoms in total. The summed E-state index contributed by atoms with van der Waals surface area (Å²) >= 11 is 6.45. The van der Waals surface area contributed by atoms with Gasteiger partial charge in [-0.2, -0.15) is 0 Å². The molecule has 1 aromatic rings. The normalized spacial score (nSPS) is 13.1. The molecule has 1 rings (SSSR count). The van der Waals surface area contributed by atoms with Gasteiger partial charge >= 0.3 is 0 Å². The zero-order valence-electron chi connectivity index (χ0n) is 12.3. The molecule has 102 valence electrons. The molecule has 1 N–H and O–H groups in total. The van der Waals surface area contributed by atoms with E-state index in [0.717, 1.165) is 11.6 Å². The fourth-order valence-corrected chi connectivity index (χ4v) is 2.89. The smallest absolute Gasteiger partial charge is 0.0456 e. The van der Waals surface area contributed by atoms with Crippen LogP contribution in [0.25, 0.3) is 0 Å². The van der Waals surface area contributed by atoms with Crippen LogP contribution in [0.1, 0.15) is 56.3 Å². The van der Waals surface area contributed by atoms with Crippen molar-refractivity contribution < 1.29 is 0 Å². The zero-order valence-corrected chi connectivity index (χ0v) is 13.1. The Hall–Kier alpha value is -0.530. The van der Waals surface area contributed by atoms with Crippen molar-refractivity contribution in [2.45, 2.75) is 53.5 Å². The van der Waals surface area contributed by atoms with Crippen LogP contribution in [0, 0.1) is 19.8 Å². The van der Waals surface area contributed by atoms with Crippen molar-refractivity contribution in [2.24, 2.45) is 5.92 Å². The van der Waals surface area contributed by atoms with Crippen LogP contribution in [0.2, 0.25) is 5.02 Å². The molecule has 0 bridgehead atoms. The summed E-state index contributed by atoms with van der Waals surface area (Å²) in [6.07, 6.45) is 2.36. The van der Waals surface area contributed by atoms with E-state index in [0.29, 0.717) is 12.0 Å². The third kappa shape index (κ3) is 3.49. The van der Waals surface area contributed by atoms with E-state index in [1.54, 1.807) is 0 Å². The average Bonchev–Trinajstić information content (AvgIpc) is 2.34. The molecule has 18 heavy (non-hydrogen) atoms. The molecule has 0 saturated carbocycles. The molecule has 0 radical (unpaired) electrons. The lowest BCUT2D eigenvalue weighted by molar-refractivity contribution is 0.346. The monoisotopic (exact) mass is 267 g/mol. The number of halogens is 1. The molecule has 1 unspecified atom stereocenters. The topological polar surface area (TPSA) is 12.0 Å². The zero-order chi connectivity index (χ0) is 13.7. The third-order valence-electron chi connectivity index (χ3n) is 3.89. The highest BCUT2D eigenvalue weighted by atomic mass is 35.5. The van der Waals surface area contributed by atoms with E-state index in [4.69, 9.17) is 11.6 Å². The number of hydrogen-bond donors (Lipinski definition) is 1. The summed E-state index contributed by atoms with van der Waals surface area (Å²) in [5.74, 6) is 0.643. The van der Waals surface area contributed by atoms with Crippen molar-refractivity contribution in [1.29, 1.82) is 0 Å². The molecule has 0 saturated heterocycles. The van der Waals surface area contributed by atoms with Crippen LogP contribution in [0.5, 0.6) is 0 Å². The number of aryl methyl sites for hydroxylation is 2. The molecule has 1 aromatic carbocycles. The van der Waals surface area contributed by atoms with Gasteiger partial charge in [-0.3, -0.25) is 0 Å². The van der Waals surface area contributed by atoms with Gasteiger partial charge in [-0.1, -0.05) is 51.3 Å². The van der Waals surface area contributed by atoms with Crippen molar-refractivity contribution in [3.05, 3.63) is 33.8 Å². The second-order valence-corrected chi connectivity index (χ2v) is 5.48. The van der Waals surface area contributed by atoms with Gasteiger partial charge in [0.05, 0.1) is 0 Å². The molecular weight excluding hydrogens is 242 g/mol. The highest BCUT2D eigenvalue weighted by molar-refractivity contribution is 6.31. The Balaban J connectivity index is 3.16. The number of hydrogen-bond acceptors (Lipinski definition) is 1. The first-order chi connectivity index (χ1) is 8.54. The van der Waals surface area contributed by atoms with Gasteiger partial charge in [-0.05, 0) is 49.1 Å². The minimum atomic E-state index is 0.372. The molecule has 0 spiro atoms. The van der Waals surface area contributed by atoms with Gasteiger partial charge in [0.2, 0.25) is 0 Å². The first kappa shape index (κ1) is 15.5. The fourth-order valence-electron chi connectivity index (χ4n) is 2.55. The minimum Gasteiger partial charge on any atom is -0.310 e. The van der Waals surface area contributed by atoms with E-state index in [-0.39, 0.29) is 0 Å². The third-order valence-corrected chi connectivity index (χ3v) is 4.22. The first-order valence-corrected chi connectivity index (χ1v) is 7.42. The van der Waals surface area contributed by atoms with Crippen LogP contribution >= 0.6 is 11.6 Å². The summed E-state index contributed by atoms with van der Waals surface area (Å²) < 4.78 is 0. The second-order valence-electron chi connectivity index (χ2n) is 5.07. The Morgan fingerprint density at radius 3 is 2.11 bits per heavy atom.